The van der Waals surface area contributed by atoms with Gasteiger partial charge in [-0.3, -0.25) is 14.8 Å². The van der Waals surface area contributed by atoms with Crippen molar-refractivity contribution in [1.29, 1.82) is 0 Å². The third-order valence-corrected chi connectivity index (χ3v) is 3.25. The Bertz CT molecular complexity index is 538. The highest BCUT2D eigenvalue weighted by Gasteiger charge is 2.05. The average Bonchev–Trinajstić information content (AvgIpc) is 2.31. The minimum Gasteiger partial charge on any atom is -0.298 e. The molecule has 0 spiro atoms. The molecular weight excluding hydrogens is 244 g/mol. The smallest absolute Gasteiger partial charge is 0.298 e. The number of aromatic nitrogens is 2. The van der Waals surface area contributed by atoms with E-state index in [9.17, 15) is 9.59 Å². The van der Waals surface area contributed by atoms with Gasteiger partial charge in [-0.15, -0.1) is 11.3 Å². The van der Waals surface area contributed by atoms with Crippen LogP contribution in [0.5, 0.6) is 0 Å². The summed E-state index contributed by atoms with van der Waals surface area (Å²) in [5, 5.41) is 2.26. The van der Waals surface area contributed by atoms with Gasteiger partial charge in [0, 0.05) is 9.85 Å². The van der Waals surface area contributed by atoms with Crippen LogP contribution in [0.4, 0.5) is 0 Å². The molecule has 0 radical (unpaired) electrons. The first-order valence-corrected chi connectivity index (χ1v) is 4.75. The van der Waals surface area contributed by atoms with Gasteiger partial charge in [-0.05, 0) is 15.9 Å². The summed E-state index contributed by atoms with van der Waals surface area (Å²) in [4.78, 5) is 27.2. The molecule has 0 amide bonds. The summed E-state index contributed by atoms with van der Waals surface area (Å²) >= 11 is 4.53. The van der Waals surface area contributed by atoms with Gasteiger partial charge in [-0.2, -0.15) is 0 Å². The third kappa shape index (κ3) is 1.03. The summed E-state index contributed by atoms with van der Waals surface area (Å²) in [5.41, 5.74) is -0.830. The predicted molar refractivity (Wildman–Crippen MR) is 50.8 cm³/mol. The van der Waals surface area contributed by atoms with E-state index in [4.69, 9.17) is 0 Å². The Hall–Kier alpha value is -0.880. The first-order chi connectivity index (χ1) is 5.68. The van der Waals surface area contributed by atoms with Gasteiger partial charge in [-0.1, -0.05) is 0 Å². The fraction of sp³-hybridized carbons (Fsp3) is 0. The highest BCUT2D eigenvalue weighted by molar-refractivity contribution is 9.10. The second-order valence-corrected chi connectivity index (χ2v) is 3.93. The van der Waals surface area contributed by atoms with E-state index in [1.807, 2.05) is 0 Å². The Labute approximate surface area is 78.4 Å². The Morgan fingerprint density at radius 1 is 1.33 bits per heavy atom. The molecule has 2 aromatic rings. The van der Waals surface area contributed by atoms with Gasteiger partial charge in [0.2, 0.25) is 0 Å². The summed E-state index contributed by atoms with van der Waals surface area (Å²) in [6.45, 7) is 0. The van der Waals surface area contributed by atoms with E-state index < -0.39 is 5.69 Å². The van der Waals surface area contributed by atoms with Crippen LogP contribution in [-0.2, 0) is 0 Å². The molecule has 6 heteroatoms. The summed E-state index contributed by atoms with van der Waals surface area (Å²) in [6.07, 6.45) is 0. The van der Waals surface area contributed by atoms with Gasteiger partial charge in [0.05, 0.1) is 5.39 Å². The second kappa shape index (κ2) is 2.56. The van der Waals surface area contributed by atoms with Crippen molar-refractivity contribution in [2.24, 2.45) is 0 Å². The van der Waals surface area contributed by atoms with Crippen molar-refractivity contribution in [1.82, 2.24) is 9.97 Å². The van der Waals surface area contributed by atoms with Gasteiger partial charge in [0.25, 0.3) is 5.56 Å². The van der Waals surface area contributed by atoms with E-state index in [0.717, 1.165) is 0 Å². The standard InChI is InChI=1S/C6H3BrN2O2S/c7-2-1-12-5-3(2)4(10)8-6(11)9-5/h1H,(H2,8,9,10,11). The summed E-state index contributed by atoms with van der Waals surface area (Å²) in [7, 11) is 0. The lowest BCUT2D eigenvalue weighted by Crippen LogP contribution is -2.20. The van der Waals surface area contributed by atoms with Crippen molar-refractivity contribution in [3.05, 3.63) is 30.7 Å². The maximum Gasteiger partial charge on any atom is 0.326 e. The van der Waals surface area contributed by atoms with Gasteiger partial charge >= 0.3 is 5.69 Å². The van der Waals surface area contributed by atoms with E-state index in [1.165, 1.54) is 11.3 Å². The number of nitrogens with one attached hydrogen (secondary N) is 2. The summed E-state index contributed by atoms with van der Waals surface area (Å²) < 4.78 is 0.708. The topological polar surface area (TPSA) is 65.7 Å². The number of H-pyrrole nitrogens is 2. The Morgan fingerprint density at radius 2 is 2.08 bits per heavy atom. The van der Waals surface area contributed by atoms with Crippen LogP contribution in [0.2, 0.25) is 0 Å². The minimum atomic E-state index is -0.471. The first-order valence-electron chi connectivity index (χ1n) is 3.08. The maximum absolute atomic E-state index is 11.2. The van der Waals surface area contributed by atoms with Crippen molar-refractivity contribution in [2.45, 2.75) is 0 Å². The lowest BCUT2D eigenvalue weighted by Gasteiger charge is -1.86. The zero-order valence-electron chi connectivity index (χ0n) is 5.68. The van der Waals surface area contributed by atoms with Crippen molar-refractivity contribution in [2.75, 3.05) is 0 Å². The lowest BCUT2D eigenvalue weighted by molar-refractivity contribution is 1.09. The van der Waals surface area contributed by atoms with Crippen LogP contribution in [-0.4, -0.2) is 9.97 Å². The molecule has 0 aliphatic carbocycles. The van der Waals surface area contributed by atoms with Gasteiger partial charge < -0.3 is 0 Å². The minimum absolute atomic E-state index is 0.359. The molecule has 0 bridgehead atoms. The number of aromatic amines is 2. The molecule has 0 aliphatic heterocycles. The monoisotopic (exact) mass is 246 g/mol. The van der Waals surface area contributed by atoms with Crippen LogP contribution in [0.25, 0.3) is 10.2 Å². The van der Waals surface area contributed by atoms with Gasteiger partial charge in [0.15, 0.2) is 0 Å². The highest BCUT2D eigenvalue weighted by Crippen LogP contribution is 2.24. The van der Waals surface area contributed by atoms with Gasteiger partial charge in [0.1, 0.15) is 4.83 Å². The van der Waals surface area contributed by atoms with E-state index >= 15 is 0 Å². The fourth-order valence-electron chi connectivity index (χ4n) is 0.940. The van der Waals surface area contributed by atoms with Crippen molar-refractivity contribution >= 4 is 37.5 Å². The van der Waals surface area contributed by atoms with E-state index in [0.29, 0.717) is 14.7 Å². The zero-order valence-corrected chi connectivity index (χ0v) is 8.08. The lowest BCUT2D eigenvalue weighted by atomic mass is 10.4. The summed E-state index contributed by atoms with van der Waals surface area (Å²) in [5.74, 6) is 0. The van der Waals surface area contributed by atoms with Crippen molar-refractivity contribution in [3.8, 4) is 0 Å². The Kier molecular flexibility index (Phi) is 1.66. The van der Waals surface area contributed by atoms with E-state index in [2.05, 4.69) is 25.9 Å². The van der Waals surface area contributed by atoms with Crippen LogP contribution in [0.15, 0.2) is 19.4 Å². The Balaban J connectivity index is 3.13. The molecule has 12 heavy (non-hydrogen) atoms. The van der Waals surface area contributed by atoms with E-state index in [1.54, 1.807) is 5.38 Å². The molecule has 2 heterocycles. The molecule has 2 rings (SSSR count). The number of fused-ring (bicyclic) bond motifs is 1. The molecule has 0 fully saturated rings. The molecule has 0 saturated carbocycles. The number of hydrogen-bond acceptors (Lipinski definition) is 3. The van der Waals surface area contributed by atoms with Gasteiger partial charge in [-0.25, -0.2) is 4.79 Å². The largest absolute Gasteiger partial charge is 0.326 e. The first kappa shape index (κ1) is 7.75. The van der Waals surface area contributed by atoms with Crippen LogP contribution in [0, 0.1) is 0 Å². The molecule has 2 aromatic heterocycles. The van der Waals surface area contributed by atoms with Crippen LogP contribution in [0.1, 0.15) is 0 Å². The molecule has 62 valence electrons. The highest BCUT2D eigenvalue weighted by atomic mass is 79.9. The molecule has 0 unspecified atom stereocenters. The van der Waals surface area contributed by atoms with Crippen LogP contribution < -0.4 is 11.2 Å². The Morgan fingerprint density at radius 3 is 2.83 bits per heavy atom. The number of halogens is 1. The fourth-order valence-corrected chi connectivity index (χ4v) is 2.54. The molecule has 0 aliphatic rings. The zero-order chi connectivity index (χ0) is 8.72. The number of hydrogen-bond donors (Lipinski definition) is 2. The maximum atomic E-state index is 11.2. The number of thiophene rings is 1. The van der Waals surface area contributed by atoms with Crippen molar-refractivity contribution < 1.29 is 0 Å². The summed E-state index contributed by atoms with van der Waals surface area (Å²) in [6, 6.07) is 0. The van der Waals surface area contributed by atoms with Crippen LogP contribution >= 0.6 is 27.3 Å². The molecular formula is C6H3BrN2O2S. The SMILES string of the molecule is O=c1[nH]c(=O)c2c(Br)csc2[nH]1. The molecule has 4 nitrogen and oxygen atoms in total. The second-order valence-electron chi connectivity index (χ2n) is 2.20. The average molecular weight is 247 g/mol. The molecule has 0 atom stereocenters. The van der Waals surface area contributed by atoms with Crippen molar-refractivity contribution in [3.63, 3.8) is 0 Å². The third-order valence-electron chi connectivity index (χ3n) is 1.43. The normalized spacial score (nSPS) is 10.8. The molecule has 2 N–H and O–H groups in total. The molecule has 0 aromatic carbocycles. The van der Waals surface area contributed by atoms with Crippen LogP contribution in [0.3, 0.4) is 0 Å². The predicted octanol–water partition coefficient (Wildman–Crippen LogP) is 1.04. The van der Waals surface area contributed by atoms with E-state index in [-0.39, 0.29) is 5.56 Å². The number of rotatable bonds is 0. The molecule has 0 saturated heterocycles. The quantitative estimate of drug-likeness (QED) is 0.730.